The van der Waals surface area contributed by atoms with Crippen molar-refractivity contribution in [1.29, 1.82) is 0 Å². The van der Waals surface area contributed by atoms with E-state index in [0.717, 1.165) is 36.3 Å². The van der Waals surface area contributed by atoms with Crippen LogP contribution in [0.1, 0.15) is 25.0 Å². The third kappa shape index (κ3) is 5.22. The summed E-state index contributed by atoms with van der Waals surface area (Å²) in [6.07, 6.45) is 0.553. The quantitative estimate of drug-likeness (QED) is 0.682. The fourth-order valence-corrected chi connectivity index (χ4v) is 3.67. The van der Waals surface area contributed by atoms with Crippen molar-refractivity contribution in [2.45, 2.75) is 39.1 Å². The van der Waals surface area contributed by atoms with E-state index < -0.39 is 0 Å². The van der Waals surface area contributed by atoms with Gasteiger partial charge in [-0.2, -0.15) is 4.98 Å². The fraction of sp³-hybridized carbons (Fsp3) is 0.364. The Bertz CT molecular complexity index is 901. The van der Waals surface area contributed by atoms with Crippen LogP contribution in [0.15, 0.2) is 53.1 Å². The standard InChI is InChI=1S/C22H26N4O2.ClH/c1-15-12-26(13-16(2)27-15)14-18-5-9-20(10-6-18)22-24-21(25-28-22)19-7-3-17(11-23)4-8-19;/h3-10,15-16H,11-14,23H2,1-2H3;1H. The van der Waals surface area contributed by atoms with E-state index in [1.165, 1.54) is 5.56 Å². The summed E-state index contributed by atoms with van der Waals surface area (Å²) >= 11 is 0. The summed E-state index contributed by atoms with van der Waals surface area (Å²) in [5.41, 5.74) is 9.82. The summed E-state index contributed by atoms with van der Waals surface area (Å²) in [5, 5.41) is 4.11. The van der Waals surface area contributed by atoms with Gasteiger partial charge in [0.2, 0.25) is 5.82 Å². The van der Waals surface area contributed by atoms with Gasteiger partial charge in [-0.1, -0.05) is 41.6 Å². The number of nitrogens with zero attached hydrogens (tertiary/aromatic N) is 3. The third-order valence-corrected chi connectivity index (χ3v) is 4.98. The minimum absolute atomic E-state index is 0. The van der Waals surface area contributed by atoms with Crippen LogP contribution in [0.25, 0.3) is 22.8 Å². The Balaban J connectivity index is 0.00000240. The lowest BCUT2D eigenvalue weighted by molar-refractivity contribution is -0.0704. The van der Waals surface area contributed by atoms with Crippen LogP contribution < -0.4 is 5.73 Å². The molecule has 1 aliphatic rings. The highest BCUT2D eigenvalue weighted by Crippen LogP contribution is 2.23. The van der Waals surface area contributed by atoms with Crippen molar-refractivity contribution in [2.24, 2.45) is 5.73 Å². The van der Waals surface area contributed by atoms with Crippen molar-refractivity contribution in [3.63, 3.8) is 0 Å². The van der Waals surface area contributed by atoms with Gasteiger partial charge in [-0.3, -0.25) is 4.90 Å². The van der Waals surface area contributed by atoms with Crippen LogP contribution >= 0.6 is 12.4 Å². The molecule has 1 aromatic heterocycles. The second-order valence-corrected chi connectivity index (χ2v) is 7.47. The molecule has 0 aliphatic carbocycles. The Morgan fingerprint density at radius 3 is 2.14 bits per heavy atom. The van der Waals surface area contributed by atoms with Crippen LogP contribution in [0.5, 0.6) is 0 Å². The maximum atomic E-state index is 5.81. The molecule has 4 rings (SSSR count). The summed E-state index contributed by atoms with van der Waals surface area (Å²) < 4.78 is 11.3. The highest BCUT2D eigenvalue weighted by atomic mass is 35.5. The van der Waals surface area contributed by atoms with Crippen LogP contribution in [0, 0.1) is 0 Å². The lowest BCUT2D eigenvalue weighted by Crippen LogP contribution is -2.44. The van der Waals surface area contributed by atoms with Gasteiger partial charge in [-0.25, -0.2) is 0 Å². The van der Waals surface area contributed by atoms with Gasteiger partial charge in [0.1, 0.15) is 0 Å². The number of ether oxygens (including phenoxy) is 1. The summed E-state index contributed by atoms with van der Waals surface area (Å²) in [6, 6.07) is 16.2. The first-order valence-electron chi connectivity index (χ1n) is 9.71. The molecule has 1 fully saturated rings. The van der Waals surface area contributed by atoms with Gasteiger partial charge in [-0.05, 0) is 37.1 Å². The highest BCUT2D eigenvalue weighted by Gasteiger charge is 2.22. The first-order valence-corrected chi connectivity index (χ1v) is 9.71. The first kappa shape index (κ1) is 21.5. The molecule has 0 bridgehead atoms. The first-order chi connectivity index (χ1) is 13.6. The van der Waals surface area contributed by atoms with Crippen molar-refractivity contribution >= 4 is 12.4 Å². The molecule has 7 heteroatoms. The Hall–Kier alpha value is -2.25. The SMILES string of the molecule is CC1CN(Cc2ccc(-c3nc(-c4ccc(CN)cc4)no3)cc2)CC(C)O1.Cl. The van der Waals surface area contributed by atoms with Crippen molar-refractivity contribution in [3.8, 4) is 22.8 Å². The Morgan fingerprint density at radius 2 is 1.52 bits per heavy atom. The van der Waals surface area contributed by atoms with E-state index in [-0.39, 0.29) is 24.6 Å². The monoisotopic (exact) mass is 414 g/mol. The second-order valence-electron chi connectivity index (χ2n) is 7.47. The zero-order chi connectivity index (χ0) is 19.5. The Morgan fingerprint density at radius 1 is 0.931 bits per heavy atom. The van der Waals surface area contributed by atoms with Gasteiger partial charge >= 0.3 is 0 Å². The van der Waals surface area contributed by atoms with E-state index in [0.29, 0.717) is 18.3 Å². The summed E-state index contributed by atoms with van der Waals surface area (Å²) in [6.45, 7) is 7.61. The van der Waals surface area contributed by atoms with Crippen molar-refractivity contribution in [3.05, 3.63) is 59.7 Å². The van der Waals surface area contributed by atoms with Crippen molar-refractivity contribution in [2.75, 3.05) is 13.1 Å². The van der Waals surface area contributed by atoms with E-state index in [1.54, 1.807) is 0 Å². The third-order valence-electron chi connectivity index (χ3n) is 4.98. The van der Waals surface area contributed by atoms with Crippen LogP contribution in [0.2, 0.25) is 0 Å². The van der Waals surface area contributed by atoms with E-state index in [2.05, 4.69) is 41.0 Å². The number of aromatic nitrogens is 2. The average Bonchev–Trinajstić information content (AvgIpc) is 3.18. The lowest BCUT2D eigenvalue weighted by atomic mass is 10.1. The molecule has 2 unspecified atom stereocenters. The number of rotatable bonds is 5. The molecule has 0 radical (unpaired) electrons. The lowest BCUT2D eigenvalue weighted by Gasteiger charge is -2.35. The van der Waals surface area contributed by atoms with Gasteiger partial charge < -0.3 is 15.0 Å². The minimum atomic E-state index is 0. The van der Waals surface area contributed by atoms with E-state index in [9.17, 15) is 0 Å². The highest BCUT2D eigenvalue weighted by molar-refractivity contribution is 5.85. The van der Waals surface area contributed by atoms with Crippen LogP contribution in [-0.4, -0.2) is 40.3 Å². The topological polar surface area (TPSA) is 77.4 Å². The molecular weight excluding hydrogens is 388 g/mol. The van der Waals surface area contributed by atoms with Gasteiger partial charge in [-0.15, -0.1) is 12.4 Å². The van der Waals surface area contributed by atoms with E-state index >= 15 is 0 Å². The van der Waals surface area contributed by atoms with E-state index in [1.807, 2.05) is 36.4 Å². The molecule has 29 heavy (non-hydrogen) atoms. The van der Waals surface area contributed by atoms with Gasteiger partial charge in [0.05, 0.1) is 12.2 Å². The molecule has 1 aliphatic heterocycles. The number of hydrogen-bond acceptors (Lipinski definition) is 6. The van der Waals surface area contributed by atoms with Crippen molar-refractivity contribution < 1.29 is 9.26 Å². The molecule has 2 aromatic carbocycles. The molecule has 154 valence electrons. The molecule has 1 saturated heterocycles. The summed E-state index contributed by atoms with van der Waals surface area (Å²) in [7, 11) is 0. The second kappa shape index (κ2) is 9.50. The smallest absolute Gasteiger partial charge is 0.258 e. The predicted octanol–water partition coefficient (Wildman–Crippen LogP) is 3.89. The molecular formula is C22H27ClN4O2. The summed E-state index contributed by atoms with van der Waals surface area (Å²) in [4.78, 5) is 6.97. The number of morpholine rings is 1. The molecule has 2 N–H and O–H groups in total. The number of nitrogens with two attached hydrogens (primary N) is 1. The fourth-order valence-electron chi connectivity index (χ4n) is 3.67. The van der Waals surface area contributed by atoms with E-state index in [4.69, 9.17) is 15.0 Å². The molecule has 0 amide bonds. The largest absolute Gasteiger partial charge is 0.373 e. The van der Waals surface area contributed by atoms with Crippen molar-refractivity contribution in [1.82, 2.24) is 15.0 Å². The number of benzene rings is 2. The zero-order valence-electron chi connectivity index (χ0n) is 16.7. The Kier molecular flexibility index (Phi) is 7.03. The van der Waals surface area contributed by atoms with Gasteiger partial charge in [0.25, 0.3) is 5.89 Å². The molecule has 0 saturated carbocycles. The molecule has 0 spiro atoms. The average molecular weight is 415 g/mol. The number of hydrogen-bond donors (Lipinski definition) is 1. The number of halogens is 1. The maximum absolute atomic E-state index is 5.81. The Labute approximate surface area is 177 Å². The predicted molar refractivity (Wildman–Crippen MR) is 116 cm³/mol. The maximum Gasteiger partial charge on any atom is 0.258 e. The van der Waals surface area contributed by atoms with Crippen LogP contribution in [-0.2, 0) is 17.8 Å². The summed E-state index contributed by atoms with van der Waals surface area (Å²) in [5.74, 6) is 1.11. The molecule has 2 heterocycles. The van der Waals surface area contributed by atoms with Gasteiger partial charge in [0.15, 0.2) is 0 Å². The molecule has 3 aromatic rings. The molecule has 2 atom stereocenters. The van der Waals surface area contributed by atoms with Crippen LogP contribution in [0.3, 0.4) is 0 Å². The normalized spacial score (nSPS) is 19.7. The van der Waals surface area contributed by atoms with Crippen LogP contribution in [0.4, 0.5) is 0 Å². The minimum Gasteiger partial charge on any atom is -0.373 e. The zero-order valence-corrected chi connectivity index (χ0v) is 17.6. The molecule has 6 nitrogen and oxygen atoms in total. The van der Waals surface area contributed by atoms with Gasteiger partial charge in [0, 0.05) is 37.3 Å².